The first-order valence-corrected chi connectivity index (χ1v) is 5.94. The second kappa shape index (κ2) is 4.71. The third-order valence-electron chi connectivity index (χ3n) is 2.40. The van der Waals surface area contributed by atoms with E-state index in [1.54, 1.807) is 0 Å². The molecule has 1 unspecified atom stereocenters. The van der Waals surface area contributed by atoms with Crippen molar-refractivity contribution >= 4 is 11.0 Å². The minimum atomic E-state index is -1.25. The summed E-state index contributed by atoms with van der Waals surface area (Å²) in [6.07, 6.45) is 1.77. The summed E-state index contributed by atoms with van der Waals surface area (Å²) in [5, 5.41) is 5.41. The van der Waals surface area contributed by atoms with Crippen molar-refractivity contribution in [3.63, 3.8) is 0 Å². The third-order valence-corrected chi connectivity index (χ3v) is 3.70. The van der Waals surface area contributed by atoms with Gasteiger partial charge in [-0.3, -0.25) is 5.14 Å². The predicted octanol–water partition coefficient (Wildman–Crippen LogP) is 2.02. The number of hydrogen-bond acceptors (Lipinski definition) is 1. The first-order chi connectivity index (χ1) is 6.52. The first-order valence-electron chi connectivity index (χ1n) is 4.72. The van der Waals surface area contributed by atoms with E-state index in [1.807, 2.05) is 32.0 Å². The van der Waals surface area contributed by atoms with E-state index < -0.39 is 11.0 Å². The van der Waals surface area contributed by atoms with Gasteiger partial charge in [0.25, 0.3) is 0 Å². The normalized spacial score (nSPS) is 13.9. The zero-order valence-corrected chi connectivity index (χ0v) is 9.51. The van der Waals surface area contributed by atoms with Gasteiger partial charge in [0, 0.05) is 0 Å². The molecule has 0 aliphatic rings. The van der Waals surface area contributed by atoms with Crippen LogP contribution in [0.25, 0.3) is 0 Å². The Morgan fingerprint density at radius 3 is 2.36 bits per heavy atom. The van der Waals surface area contributed by atoms with E-state index in [9.17, 15) is 4.21 Å². The molecular formula is C11H17NOS. The molecule has 78 valence electrons. The minimum absolute atomic E-state index is 0.296. The Balaban J connectivity index is 2.53. The summed E-state index contributed by atoms with van der Waals surface area (Å²) < 4.78 is 10.9. The lowest BCUT2D eigenvalue weighted by molar-refractivity contribution is 0.591. The van der Waals surface area contributed by atoms with Gasteiger partial charge in [0.15, 0.2) is 0 Å². The van der Waals surface area contributed by atoms with Gasteiger partial charge in [0.05, 0.1) is 15.7 Å². The van der Waals surface area contributed by atoms with E-state index in [2.05, 4.69) is 12.1 Å². The van der Waals surface area contributed by atoms with E-state index >= 15 is 0 Å². The SMILES string of the molecule is CC(C)(CCc1ccccc1)S(N)=O. The molecule has 0 heterocycles. The van der Waals surface area contributed by atoms with Crippen LogP contribution in [0.2, 0.25) is 0 Å². The highest BCUT2D eigenvalue weighted by Gasteiger charge is 2.22. The largest absolute Gasteiger partial charge is 0.251 e. The fraction of sp³-hybridized carbons (Fsp3) is 0.455. The standard InChI is InChI=1S/C11H17NOS/c1-11(2,14(12)13)9-8-10-6-4-3-5-7-10/h3-7H,8-9,12H2,1-2H3. The fourth-order valence-corrected chi connectivity index (χ4v) is 1.49. The average molecular weight is 211 g/mol. The highest BCUT2D eigenvalue weighted by atomic mass is 32.2. The Kier molecular flexibility index (Phi) is 3.84. The molecule has 1 aromatic carbocycles. The summed E-state index contributed by atoms with van der Waals surface area (Å²) in [7, 11) is -1.25. The van der Waals surface area contributed by atoms with E-state index in [-0.39, 0.29) is 4.75 Å². The number of nitrogens with two attached hydrogens (primary N) is 1. The zero-order chi connectivity index (χ0) is 10.6. The van der Waals surface area contributed by atoms with Crippen LogP contribution in [0.3, 0.4) is 0 Å². The van der Waals surface area contributed by atoms with Crippen LogP contribution in [0, 0.1) is 0 Å². The Bertz CT molecular complexity index is 308. The van der Waals surface area contributed by atoms with E-state index in [4.69, 9.17) is 5.14 Å². The molecule has 1 rings (SSSR count). The lowest BCUT2D eigenvalue weighted by Crippen LogP contribution is -2.32. The van der Waals surface area contributed by atoms with Gasteiger partial charge < -0.3 is 0 Å². The van der Waals surface area contributed by atoms with Crippen LogP contribution in [0.4, 0.5) is 0 Å². The van der Waals surface area contributed by atoms with Gasteiger partial charge in [-0.05, 0) is 32.3 Å². The van der Waals surface area contributed by atoms with Gasteiger partial charge in [-0.15, -0.1) is 0 Å². The molecule has 0 aromatic heterocycles. The van der Waals surface area contributed by atoms with Gasteiger partial charge in [0.1, 0.15) is 0 Å². The van der Waals surface area contributed by atoms with Gasteiger partial charge in [-0.2, -0.15) is 0 Å². The Hall–Kier alpha value is -0.670. The van der Waals surface area contributed by atoms with Crippen LogP contribution >= 0.6 is 0 Å². The molecule has 1 aromatic rings. The molecule has 0 spiro atoms. The molecule has 2 N–H and O–H groups in total. The first kappa shape index (κ1) is 11.4. The molecule has 3 heteroatoms. The summed E-state index contributed by atoms with van der Waals surface area (Å²) in [4.78, 5) is 0. The van der Waals surface area contributed by atoms with Crippen molar-refractivity contribution in [1.29, 1.82) is 0 Å². The smallest absolute Gasteiger partial charge is 0.0945 e. The summed E-state index contributed by atoms with van der Waals surface area (Å²) in [5.74, 6) is 0. The molecule has 0 aliphatic heterocycles. The van der Waals surface area contributed by atoms with Crippen molar-refractivity contribution in [2.24, 2.45) is 5.14 Å². The summed E-state index contributed by atoms with van der Waals surface area (Å²) >= 11 is 0. The summed E-state index contributed by atoms with van der Waals surface area (Å²) in [5.41, 5.74) is 1.27. The quantitative estimate of drug-likeness (QED) is 0.813. The van der Waals surface area contributed by atoms with Crippen LogP contribution in [0.1, 0.15) is 25.8 Å². The Morgan fingerprint density at radius 1 is 1.29 bits per heavy atom. The van der Waals surface area contributed by atoms with Crippen LogP contribution in [-0.4, -0.2) is 8.96 Å². The minimum Gasteiger partial charge on any atom is -0.251 e. The van der Waals surface area contributed by atoms with Gasteiger partial charge in [-0.25, -0.2) is 4.21 Å². The maximum absolute atomic E-state index is 11.2. The topological polar surface area (TPSA) is 43.1 Å². The molecule has 0 amide bonds. The van der Waals surface area contributed by atoms with E-state index in [0.717, 1.165) is 12.8 Å². The fourth-order valence-electron chi connectivity index (χ4n) is 1.19. The van der Waals surface area contributed by atoms with E-state index in [1.165, 1.54) is 5.56 Å². The van der Waals surface area contributed by atoms with Crippen LogP contribution in [0.15, 0.2) is 30.3 Å². The number of rotatable bonds is 4. The molecule has 0 aliphatic carbocycles. The highest BCUT2D eigenvalue weighted by molar-refractivity contribution is 7.84. The monoisotopic (exact) mass is 211 g/mol. The van der Waals surface area contributed by atoms with Gasteiger partial charge in [-0.1, -0.05) is 30.3 Å². The maximum atomic E-state index is 11.2. The molecular weight excluding hydrogens is 194 g/mol. The second-order valence-electron chi connectivity index (χ2n) is 4.04. The van der Waals surface area contributed by atoms with Crippen LogP contribution in [0.5, 0.6) is 0 Å². The molecule has 1 atom stereocenters. The zero-order valence-electron chi connectivity index (χ0n) is 8.69. The van der Waals surface area contributed by atoms with Crippen molar-refractivity contribution in [3.05, 3.63) is 35.9 Å². The molecule has 2 nitrogen and oxygen atoms in total. The van der Waals surface area contributed by atoms with Crippen molar-refractivity contribution in [1.82, 2.24) is 0 Å². The van der Waals surface area contributed by atoms with Gasteiger partial charge >= 0.3 is 0 Å². The van der Waals surface area contributed by atoms with Crippen molar-refractivity contribution in [2.75, 3.05) is 0 Å². The van der Waals surface area contributed by atoms with Crippen molar-refractivity contribution in [2.45, 2.75) is 31.4 Å². The number of aryl methyl sites for hydroxylation is 1. The second-order valence-corrected chi connectivity index (χ2v) is 5.74. The number of hydrogen-bond donors (Lipinski definition) is 1. The Morgan fingerprint density at radius 2 is 1.86 bits per heavy atom. The molecule has 0 saturated carbocycles. The molecule has 0 fully saturated rings. The average Bonchev–Trinajstić information content (AvgIpc) is 2.16. The van der Waals surface area contributed by atoms with Crippen molar-refractivity contribution < 1.29 is 4.21 Å². The maximum Gasteiger partial charge on any atom is 0.0945 e. The lowest BCUT2D eigenvalue weighted by Gasteiger charge is -2.20. The van der Waals surface area contributed by atoms with E-state index in [0.29, 0.717) is 0 Å². The Labute approximate surface area is 88.1 Å². The highest BCUT2D eigenvalue weighted by Crippen LogP contribution is 2.17. The van der Waals surface area contributed by atoms with Crippen LogP contribution in [-0.2, 0) is 17.4 Å². The predicted molar refractivity (Wildman–Crippen MR) is 61.2 cm³/mol. The number of benzene rings is 1. The van der Waals surface area contributed by atoms with Gasteiger partial charge in [0.2, 0.25) is 0 Å². The molecule has 14 heavy (non-hydrogen) atoms. The summed E-state index contributed by atoms with van der Waals surface area (Å²) in [6.45, 7) is 3.87. The molecule has 0 radical (unpaired) electrons. The van der Waals surface area contributed by atoms with Crippen molar-refractivity contribution in [3.8, 4) is 0 Å². The van der Waals surface area contributed by atoms with Crippen LogP contribution < -0.4 is 5.14 Å². The molecule has 0 bridgehead atoms. The third kappa shape index (κ3) is 3.24. The molecule has 0 saturated heterocycles. The lowest BCUT2D eigenvalue weighted by atomic mass is 10.0. The summed E-state index contributed by atoms with van der Waals surface area (Å²) in [6, 6.07) is 10.2.